The predicted octanol–water partition coefficient (Wildman–Crippen LogP) is 4.72. The third kappa shape index (κ3) is 4.13. The molecule has 0 saturated carbocycles. The van der Waals surface area contributed by atoms with Gasteiger partial charge in [0.15, 0.2) is 17.3 Å². The first-order chi connectivity index (χ1) is 17.1. The van der Waals surface area contributed by atoms with E-state index in [9.17, 15) is 23.5 Å². The van der Waals surface area contributed by atoms with Crippen molar-refractivity contribution in [3.8, 4) is 0 Å². The molecule has 0 aliphatic carbocycles. The summed E-state index contributed by atoms with van der Waals surface area (Å²) in [4.78, 5) is 35.0. The van der Waals surface area contributed by atoms with Crippen molar-refractivity contribution >= 4 is 34.7 Å². The maximum Gasteiger partial charge on any atom is 0.356 e. The number of fused-ring (bicyclic) bond motifs is 2. The maximum atomic E-state index is 14.3. The van der Waals surface area contributed by atoms with Crippen molar-refractivity contribution in [2.45, 2.75) is 33.0 Å². The number of rotatable bonds is 5. The normalized spacial score (nSPS) is 13.6. The average Bonchev–Trinajstić information content (AvgIpc) is 3.27. The van der Waals surface area contributed by atoms with Crippen LogP contribution in [0.4, 0.5) is 20.3 Å². The highest BCUT2D eigenvalue weighted by molar-refractivity contribution is 6.29. The molecule has 0 bridgehead atoms. The van der Waals surface area contributed by atoms with Crippen molar-refractivity contribution in [2.75, 3.05) is 10.2 Å². The highest BCUT2D eigenvalue weighted by Gasteiger charge is 2.26. The minimum absolute atomic E-state index is 0.0485. The van der Waals surface area contributed by atoms with Crippen molar-refractivity contribution < 1.29 is 18.7 Å². The number of carboxylic acid groups (broad SMARTS) is 1. The number of pyridine rings is 2. The summed E-state index contributed by atoms with van der Waals surface area (Å²) >= 11 is 5.86. The molecule has 184 valence electrons. The van der Waals surface area contributed by atoms with Crippen LogP contribution in [0.3, 0.4) is 0 Å². The molecule has 2 N–H and O–H groups in total. The summed E-state index contributed by atoms with van der Waals surface area (Å²) in [6.07, 6.45) is 1.66. The third-order valence-corrected chi connectivity index (χ3v) is 6.35. The number of anilines is 2. The number of nitrogens with zero attached hydrogens (tertiary/aromatic N) is 4. The van der Waals surface area contributed by atoms with E-state index < -0.39 is 23.6 Å². The first-order valence-corrected chi connectivity index (χ1v) is 11.4. The van der Waals surface area contributed by atoms with Gasteiger partial charge in [0.05, 0.1) is 11.7 Å². The van der Waals surface area contributed by atoms with Gasteiger partial charge in [-0.05, 0) is 49.2 Å². The van der Waals surface area contributed by atoms with Crippen LogP contribution in [-0.4, -0.2) is 25.4 Å². The molecular weight excluding hydrogens is 492 g/mol. The number of benzene rings is 1. The summed E-state index contributed by atoms with van der Waals surface area (Å²) in [5.74, 6) is -2.73. The van der Waals surface area contributed by atoms with E-state index in [2.05, 4.69) is 10.3 Å². The standard InChI is InChI=1S/C25H20ClF2N5O3/c1-12-7-15(13(2)29-18-5-6-19(26)30-23(18)25(35)36)24-31-20(8-21(34)33(24)9-12)32-10-14-3-4-17(27)22(28)16(14)11-32/h3-9,13,29H,10-11H2,1-2H3,(H,35,36)/t13-/m1/s1. The molecule has 0 fully saturated rings. The van der Waals surface area contributed by atoms with E-state index in [1.165, 1.54) is 28.7 Å². The van der Waals surface area contributed by atoms with Crippen molar-refractivity contribution in [1.82, 2.24) is 14.4 Å². The van der Waals surface area contributed by atoms with E-state index in [4.69, 9.17) is 16.6 Å². The van der Waals surface area contributed by atoms with Gasteiger partial charge in [0, 0.05) is 36.5 Å². The van der Waals surface area contributed by atoms with Gasteiger partial charge in [0.25, 0.3) is 5.56 Å². The van der Waals surface area contributed by atoms with Gasteiger partial charge in [0.1, 0.15) is 16.6 Å². The molecule has 4 aromatic rings. The molecule has 0 unspecified atom stereocenters. The van der Waals surface area contributed by atoms with E-state index in [-0.39, 0.29) is 40.7 Å². The predicted molar refractivity (Wildman–Crippen MR) is 131 cm³/mol. The fraction of sp³-hybridized carbons (Fsp3) is 0.200. The zero-order chi connectivity index (χ0) is 25.7. The van der Waals surface area contributed by atoms with Crippen LogP contribution in [0.2, 0.25) is 5.15 Å². The Bertz CT molecular complexity index is 1610. The van der Waals surface area contributed by atoms with E-state index >= 15 is 0 Å². The van der Waals surface area contributed by atoms with Crippen LogP contribution in [0.1, 0.15) is 45.7 Å². The van der Waals surface area contributed by atoms with Gasteiger partial charge in [-0.2, -0.15) is 0 Å². The SMILES string of the molecule is Cc1cc([C@@H](C)Nc2ccc(Cl)nc2C(=O)O)c2nc(N3Cc4ccc(F)c(F)c4C3)cc(=O)n2c1. The van der Waals surface area contributed by atoms with E-state index in [0.29, 0.717) is 22.6 Å². The van der Waals surface area contributed by atoms with Gasteiger partial charge in [-0.3, -0.25) is 9.20 Å². The van der Waals surface area contributed by atoms with Gasteiger partial charge in [-0.25, -0.2) is 23.5 Å². The summed E-state index contributed by atoms with van der Waals surface area (Å²) in [6, 6.07) is 8.35. The lowest BCUT2D eigenvalue weighted by molar-refractivity contribution is 0.0691. The summed E-state index contributed by atoms with van der Waals surface area (Å²) in [7, 11) is 0. The van der Waals surface area contributed by atoms with E-state index in [0.717, 1.165) is 11.6 Å². The molecule has 1 aromatic carbocycles. The van der Waals surface area contributed by atoms with Crippen LogP contribution in [0.15, 0.2) is 47.4 Å². The largest absolute Gasteiger partial charge is 0.476 e. The summed E-state index contributed by atoms with van der Waals surface area (Å²) in [6.45, 7) is 3.99. The van der Waals surface area contributed by atoms with Crippen molar-refractivity contribution in [3.63, 3.8) is 0 Å². The lowest BCUT2D eigenvalue weighted by Crippen LogP contribution is -2.24. The quantitative estimate of drug-likeness (QED) is 0.374. The Hall–Kier alpha value is -4.05. The zero-order valence-electron chi connectivity index (χ0n) is 19.2. The minimum atomic E-state index is -1.24. The second kappa shape index (κ2) is 8.87. The fourth-order valence-electron chi connectivity index (χ4n) is 4.43. The Morgan fingerprint density at radius 2 is 1.94 bits per heavy atom. The zero-order valence-corrected chi connectivity index (χ0v) is 20.0. The van der Waals surface area contributed by atoms with Crippen LogP contribution < -0.4 is 15.8 Å². The number of hydrogen-bond donors (Lipinski definition) is 2. The molecule has 0 amide bonds. The Labute approximate surface area is 208 Å². The van der Waals surface area contributed by atoms with Crippen LogP contribution >= 0.6 is 11.6 Å². The van der Waals surface area contributed by atoms with Gasteiger partial charge in [-0.1, -0.05) is 17.7 Å². The molecule has 11 heteroatoms. The molecule has 8 nitrogen and oxygen atoms in total. The van der Waals surface area contributed by atoms with E-state index in [1.807, 2.05) is 13.0 Å². The number of hydrogen-bond acceptors (Lipinski definition) is 6. The second-order valence-electron chi connectivity index (χ2n) is 8.68. The first-order valence-electron chi connectivity index (χ1n) is 11.0. The smallest absolute Gasteiger partial charge is 0.356 e. The highest BCUT2D eigenvalue weighted by Crippen LogP contribution is 2.31. The summed E-state index contributed by atoms with van der Waals surface area (Å²) < 4.78 is 29.4. The number of halogens is 3. The van der Waals surface area contributed by atoms with Crippen LogP contribution in [0, 0.1) is 18.6 Å². The average molecular weight is 512 g/mol. The van der Waals surface area contributed by atoms with Crippen molar-refractivity contribution in [3.05, 3.63) is 97.7 Å². The second-order valence-corrected chi connectivity index (χ2v) is 9.06. The van der Waals surface area contributed by atoms with Crippen LogP contribution in [0.5, 0.6) is 0 Å². The molecule has 1 aliphatic heterocycles. The molecule has 0 saturated heterocycles. The molecule has 1 atom stereocenters. The Morgan fingerprint density at radius 3 is 2.69 bits per heavy atom. The van der Waals surface area contributed by atoms with Gasteiger partial charge >= 0.3 is 5.97 Å². The van der Waals surface area contributed by atoms with Crippen molar-refractivity contribution in [1.29, 1.82) is 0 Å². The molecule has 1 aliphatic rings. The van der Waals surface area contributed by atoms with E-state index in [1.54, 1.807) is 18.0 Å². The Kier molecular flexibility index (Phi) is 5.83. The molecule has 4 heterocycles. The fourth-order valence-corrected chi connectivity index (χ4v) is 4.58. The number of aromatic nitrogens is 3. The van der Waals surface area contributed by atoms with Gasteiger partial charge in [0.2, 0.25) is 0 Å². The number of aryl methyl sites for hydroxylation is 1. The molecule has 5 rings (SSSR count). The lowest BCUT2D eigenvalue weighted by atomic mass is 10.1. The van der Waals surface area contributed by atoms with Crippen LogP contribution in [0.25, 0.3) is 5.65 Å². The van der Waals surface area contributed by atoms with Crippen LogP contribution in [-0.2, 0) is 13.1 Å². The van der Waals surface area contributed by atoms with Gasteiger partial charge < -0.3 is 15.3 Å². The number of nitrogens with one attached hydrogen (secondary N) is 1. The number of aromatic carboxylic acids is 1. The Morgan fingerprint density at radius 1 is 1.17 bits per heavy atom. The lowest BCUT2D eigenvalue weighted by Gasteiger charge is -2.21. The molecule has 0 radical (unpaired) electrons. The maximum absolute atomic E-state index is 14.3. The molecule has 36 heavy (non-hydrogen) atoms. The minimum Gasteiger partial charge on any atom is -0.476 e. The molecule has 0 spiro atoms. The number of carboxylic acids is 1. The molecule has 3 aromatic heterocycles. The van der Waals surface area contributed by atoms with Crippen molar-refractivity contribution in [2.24, 2.45) is 0 Å². The summed E-state index contributed by atoms with van der Waals surface area (Å²) in [5.41, 5.74) is 2.33. The third-order valence-electron chi connectivity index (χ3n) is 6.14. The number of carbonyl (C=O) groups is 1. The summed E-state index contributed by atoms with van der Waals surface area (Å²) in [5, 5.41) is 12.7. The topological polar surface area (TPSA) is 99.8 Å². The van der Waals surface area contributed by atoms with Gasteiger partial charge in [-0.15, -0.1) is 0 Å². The molecular formula is C25H20ClF2N5O3. The monoisotopic (exact) mass is 511 g/mol. The Balaban J connectivity index is 1.56. The highest BCUT2D eigenvalue weighted by atomic mass is 35.5. The first kappa shape index (κ1) is 23.7.